The maximum Gasteiger partial charge on any atom is 0.322 e. The van der Waals surface area contributed by atoms with Gasteiger partial charge in [-0.25, -0.2) is 9.07 Å². The van der Waals surface area contributed by atoms with E-state index < -0.39 is 0 Å². The van der Waals surface area contributed by atoms with E-state index in [1.807, 2.05) is 39.0 Å². The van der Waals surface area contributed by atoms with Crippen LogP contribution < -0.4 is 10.1 Å². The molecule has 3 N–H and O–H groups in total. The predicted molar refractivity (Wildman–Crippen MR) is 130 cm³/mol. The average molecular weight is 492 g/mol. The maximum atomic E-state index is 14.8. The molecule has 174 valence electrons. The molecule has 0 aliphatic carbocycles. The molecule has 0 saturated heterocycles. The molecular formula is C23H24Cl2FN5O2. The highest BCUT2D eigenvalue weighted by molar-refractivity contribution is 6.32. The van der Waals surface area contributed by atoms with Crippen molar-refractivity contribution in [3.63, 3.8) is 0 Å². The van der Waals surface area contributed by atoms with Gasteiger partial charge in [0, 0.05) is 23.1 Å². The number of para-hydroxylation sites is 1. The number of ether oxygens (including phenoxy) is 1. The molecule has 0 bridgehead atoms. The summed E-state index contributed by atoms with van der Waals surface area (Å²) >= 11 is 6.19. The molecule has 2 aromatic heterocycles. The minimum absolute atomic E-state index is 0. The molecular weight excluding hydrogens is 468 g/mol. The van der Waals surface area contributed by atoms with E-state index in [9.17, 15) is 4.39 Å². The van der Waals surface area contributed by atoms with Crippen molar-refractivity contribution >= 4 is 35.6 Å². The molecule has 0 aliphatic rings. The zero-order valence-corrected chi connectivity index (χ0v) is 19.8. The van der Waals surface area contributed by atoms with E-state index in [2.05, 4.69) is 20.4 Å². The molecule has 0 spiro atoms. The molecule has 4 aromatic rings. The monoisotopic (exact) mass is 491 g/mol. The highest BCUT2D eigenvalue weighted by Gasteiger charge is 2.17. The van der Waals surface area contributed by atoms with Gasteiger partial charge in [-0.3, -0.25) is 4.98 Å². The number of aromatic nitrogens is 4. The Morgan fingerprint density at radius 1 is 1.09 bits per heavy atom. The van der Waals surface area contributed by atoms with Crippen molar-refractivity contribution in [3.05, 3.63) is 77.3 Å². The highest BCUT2D eigenvalue weighted by Crippen LogP contribution is 2.31. The fourth-order valence-corrected chi connectivity index (χ4v) is 3.24. The van der Waals surface area contributed by atoms with Gasteiger partial charge in [-0.05, 0) is 68.8 Å². The Hall–Kier alpha value is -3.20. The first-order valence-electron chi connectivity index (χ1n) is 9.79. The second-order valence-corrected chi connectivity index (χ2v) is 7.70. The van der Waals surface area contributed by atoms with Crippen LogP contribution >= 0.6 is 24.0 Å². The van der Waals surface area contributed by atoms with E-state index in [4.69, 9.17) is 16.3 Å². The lowest BCUT2D eigenvalue weighted by molar-refractivity contribution is 0.376. The lowest BCUT2D eigenvalue weighted by Gasteiger charge is -2.10. The molecule has 0 atom stereocenters. The lowest BCUT2D eigenvalue weighted by Crippen LogP contribution is -2.05. The Balaban J connectivity index is 0.00000193. The number of nitrogens with one attached hydrogen (secondary N) is 1. The van der Waals surface area contributed by atoms with Gasteiger partial charge < -0.3 is 15.5 Å². The van der Waals surface area contributed by atoms with E-state index in [0.29, 0.717) is 28.0 Å². The topological polar surface area (TPSA) is 96.4 Å². The largest absolute Gasteiger partial charge is 0.423 e. The van der Waals surface area contributed by atoms with Crippen LogP contribution in [-0.2, 0) is 0 Å². The van der Waals surface area contributed by atoms with Crippen molar-refractivity contribution in [1.29, 1.82) is 0 Å². The van der Waals surface area contributed by atoms with Gasteiger partial charge in [0.25, 0.3) is 0 Å². The molecule has 0 saturated carbocycles. The van der Waals surface area contributed by atoms with Crippen molar-refractivity contribution in [1.82, 2.24) is 19.7 Å². The average Bonchev–Trinajstić information content (AvgIpc) is 3.12. The van der Waals surface area contributed by atoms with Gasteiger partial charge in [0.2, 0.25) is 5.95 Å². The van der Waals surface area contributed by atoms with Crippen LogP contribution in [0.15, 0.2) is 60.8 Å². The third-order valence-corrected chi connectivity index (χ3v) is 4.87. The predicted octanol–water partition coefficient (Wildman–Crippen LogP) is 6.15. The van der Waals surface area contributed by atoms with E-state index in [0.717, 1.165) is 11.3 Å². The Labute approximate surface area is 202 Å². The van der Waals surface area contributed by atoms with E-state index >= 15 is 0 Å². The van der Waals surface area contributed by atoms with Crippen LogP contribution in [0.5, 0.6) is 11.8 Å². The molecule has 10 heteroatoms. The molecule has 0 unspecified atom stereocenters. The number of anilines is 2. The molecule has 0 aliphatic heterocycles. The van der Waals surface area contributed by atoms with Crippen LogP contribution in [0, 0.1) is 12.7 Å². The van der Waals surface area contributed by atoms with Crippen LogP contribution in [0.4, 0.5) is 16.0 Å². The number of hydrogen-bond acceptors (Lipinski definition) is 5. The van der Waals surface area contributed by atoms with E-state index in [-0.39, 0.29) is 35.8 Å². The van der Waals surface area contributed by atoms with Gasteiger partial charge >= 0.3 is 6.01 Å². The number of halogens is 3. The van der Waals surface area contributed by atoms with Crippen molar-refractivity contribution in [2.45, 2.75) is 26.8 Å². The fraction of sp³-hybridized carbons (Fsp3) is 0.174. The summed E-state index contributed by atoms with van der Waals surface area (Å²) in [6, 6.07) is 15.9. The van der Waals surface area contributed by atoms with E-state index in [1.165, 1.54) is 6.07 Å². The number of nitrogens with zero attached hydrogens (tertiary/aromatic N) is 4. The molecule has 4 rings (SSSR count). The summed E-state index contributed by atoms with van der Waals surface area (Å²) in [4.78, 5) is 8.57. The van der Waals surface area contributed by atoms with Crippen molar-refractivity contribution < 1.29 is 14.6 Å². The molecule has 0 amide bonds. The third-order valence-electron chi connectivity index (χ3n) is 4.56. The zero-order valence-electron chi connectivity index (χ0n) is 18.2. The van der Waals surface area contributed by atoms with Crippen LogP contribution in [0.3, 0.4) is 0 Å². The van der Waals surface area contributed by atoms with Gasteiger partial charge in [0.05, 0.1) is 11.1 Å². The molecule has 2 heterocycles. The number of benzene rings is 2. The Kier molecular flexibility index (Phi) is 8.76. The van der Waals surface area contributed by atoms with Gasteiger partial charge in [-0.2, -0.15) is 4.98 Å². The van der Waals surface area contributed by atoms with Crippen LogP contribution in [-0.4, -0.2) is 25.2 Å². The molecule has 0 fully saturated rings. The molecule has 33 heavy (non-hydrogen) atoms. The summed E-state index contributed by atoms with van der Waals surface area (Å²) in [7, 11) is 0. The standard InChI is InChI=1S/C23H21ClFN5O.ClH.H2O/c1-14(2)30-23(31-21-7-5-4-6-19(21)24)28-22(29-30)27-17-8-9-18(20(25)13-17)16-10-11-26-15(3)12-16;;/h4-14H,1-3H3,(H,27,29);1H;1H2. The number of rotatable bonds is 6. The Morgan fingerprint density at radius 3 is 2.52 bits per heavy atom. The number of aryl methyl sites for hydroxylation is 1. The van der Waals surface area contributed by atoms with Crippen molar-refractivity contribution in [3.8, 4) is 22.9 Å². The Bertz CT molecular complexity index is 1230. The third kappa shape index (κ3) is 5.98. The highest BCUT2D eigenvalue weighted by atomic mass is 35.5. The summed E-state index contributed by atoms with van der Waals surface area (Å²) in [5.74, 6) is 0.419. The van der Waals surface area contributed by atoms with Crippen LogP contribution in [0.2, 0.25) is 5.02 Å². The Morgan fingerprint density at radius 2 is 1.85 bits per heavy atom. The zero-order chi connectivity index (χ0) is 22.0. The van der Waals surface area contributed by atoms with Crippen LogP contribution in [0.1, 0.15) is 25.6 Å². The summed E-state index contributed by atoms with van der Waals surface area (Å²) in [5.41, 5.74) is 2.62. The minimum atomic E-state index is -0.355. The fourth-order valence-electron chi connectivity index (χ4n) is 3.06. The van der Waals surface area contributed by atoms with Gasteiger partial charge in [0.1, 0.15) is 11.6 Å². The summed E-state index contributed by atoms with van der Waals surface area (Å²) in [5, 5.41) is 7.96. The van der Waals surface area contributed by atoms with E-state index in [1.54, 1.807) is 41.2 Å². The quantitative estimate of drug-likeness (QED) is 0.348. The first-order valence-corrected chi connectivity index (χ1v) is 10.2. The first-order chi connectivity index (χ1) is 14.9. The minimum Gasteiger partial charge on any atom is -0.423 e. The maximum absolute atomic E-state index is 14.8. The number of pyridine rings is 1. The summed E-state index contributed by atoms with van der Waals surface area (Å²) in [6.07, 6.45) is 1.67. The van der Waals surface area contributed by atoms with Crippen molar-refractivity contribution in [2.24, 2.45) is 0 Å². The summed E-state index contributed by atoms with van der Waals surface area (Å²) < 4.78 is 22.3. The molecule has 2 aromatic carbocycles. The van der Waals surface area contributed by atoms with Gasteiger partial charge in [-0.1, -0.05) is 23.7 Å². The second-order valence-electron chi connectivity index (χ2n) is 7.29. The smallest absolute Gasteiger partial charge is 0.322 e. The second kappa shape index (κ2) is 11.1. The summed E-state index contributed by atoms with van der Waals surface area (Å²) in [6.45, 7) is 5.79. The van der Waals surface area contributed by atoms with Gasteiger partial charge in [-0.15, -0.1) is 17.5 Å². The molecule has 0 radical (unpaired) electrons. The normalized spacial score (nSPS) is 10.4. The lowest BCUT2D eigenvalue weighted by atomic mass is 10.1. The molecule has 7 nitrogen and oxygen atoms in total. The SMILES string of the molecule is Cc1cc(-c2ccc(Nc3nc(Oc4ccccc4Cl)n(C(C)C)n3)cc2F)ccn1.Cl.O. The van der Waals surface area contributed by atoms with Crippen molar-refractivity contribution in [2.75, 3.05) is 5.32 Å². The number of hydrogen-bond donors (Lipinski definition) is 1. The van der Waals surface area contributed by atoms with Gasteiger partial charge in [0.15, 0.2) is 0 Å². The van der Waals surface area contributed by atoms with Crippen LogP contribution in [0.25, 0.3) is 11.1 Å². The first kappa shape index (κ1) is 26.1.